The third-order valence-corrected chi connectivity index (χ3v) is 7.90. The molecule has 0 N–H and O–H groups in total. The number of thiazole rings is 1. The normalized spacial score (nSPS) is 10.7. The topological polar surface area (TPSA) is 59.5 Å². The first-order valence-electron chi connectivity index (χ1n) is 12.3. The fourth-order valence-corrected chi connectivity index (χ4v) is 5.91. The molecule has 3 aromatic carbocycles. The van der Waals surface area contributed by atoms with E-state index in [-0.39, 0.29) is 18.9 Å². The van der Waals surface area contributed by atoms with E-state index in [1.165, 1.54) is 11.3 Å². The highest BCUT2D eigenvalue weighted by molar-refractivity contribution is 7.17. The number of aromatic nitrogens is 1. The van der Waals surface area contributed by atoms with Crippen molar-refractivity contribution in [3.8, 4) is 21.1 Å². The summed E-state index contributed by atoms with van der Waals surface area (Å²) in [5, 5.41) is 2.84. The molecule has 2 aromatic heterocycles. The van der Waals surface area contributed by atoms with Crippen molar-refractivity contribution >= 4 is 34.6 Å². The van der Waals surface area contributed by atoms with E-state index in [4.69, 9.17) is 9.72 Å². The molecule has 5 nitrogen and oxygen atoms in total. The summed E-state index contributed by atoms with van der Waals surface area (Å²) in [4.78, 5) is 34.5. The predicted molar refractivity (Wildman–Crippen MR) is 153 cm³/mol. The zero-order chi connectivity index (χ0) is 26.2. The monoisotopic (exact) mass is 538 g/mol. The molecule has 0 spiro atoms. The molecule has 0 aliphatic rings. The number of esters is 1. The Labute approximate surface area is 230 Å². The van der Waals surface area contributed by atoms with Gasteiger partial charge in [-0.25, -0.2) is 4.98 Å². The van der Waals surface area contributed by atoms with Gasteiger partial charge in [-0.2, -0.15) is 0 Å². The second-order valence-electron chi connectivity index (χ2n) is 8.69. The van der Waals surface area contributed by atoms with Crippen LogP contribution in [0.5, 0.6) is 0 Å². The Morgan fingerprint density at radius 3 is 1.95 bits per heavy atom. The molecule has 0 aliphatic carbocycles. The van der Waals surface area contributed by atoms with Gasteiger partial charge < -0.3 is 9.64 Å². The molecule has 5 aromatic rings. The Hall–Kier alpha value is -4.07. The van der Waals surface area contributed by atoms with Gasteiger partial charge in [0.15, 0.2) is 6.61 Å². The SMILES string of the molecule is O=C(Cc1sc(-c2ccccc2)nc1-c1cccs1)OCC(=O)N(Cc1ccccc1)Cc1ccccc1. The van der Waals surface area contributed by atoms with Crippen LogP contribution in [0, 0.1) is 0 Å². The minimum Gasteiger partial charge on any atom is -0.455 e. The number of hydrogen-bond donors (Lipinski definition) is 0. The maximum atomic E-state index is 13.2. The molecule has 0 bridgehead atoms. The molecule has 0 aliphatic heterocycles. The molecule has 0 saturated carbocycles. The van der Waals surface area contributed by atoms with E-state index in [1.54, 1.807) is 16.2 Å². The molecule has 7 heteroatoms. The van der Waals surface area contributed by atoms with E-state index < -0.39 is 5.97 Å². The number of hydrogen-bond acceptors (Lipinski definition) is 6. The maximum absolute atomic E-state index is 13.2. The summed E-state index contributed by atoms with van der Waals surface area (Å²) < 4.78 is 5.50. The number of carbonyl (C=O) groups is 2. The summed E-state index contributed by atoms with van der Waals surface area (Å²) in [7, 11) is 0. The third-order valence-electron chi connectivity index (χ3n) is 5.92. The first-order chi connectivity index (χ1) is 18.7. The highest BCUT2D eigenvalue weighted by atomic mass is 32.1. The quantitative estimate of drug-likeness (QED) is 0.182. The Kier molecular flexibility index (Phi) is 8.38. The molecule has 38 heavy (non-hydrogen) atoms. The van der Waals surface area contributed by atoms with Gasteiger partial charge in [-0.1, -0.05) is 97.1 Å². The average Bonchev–Trinajstić information content (AvgIpc) is 3.63. The molecular weight excluding hydrogens is 512 g/mol. The zero-order valence-corrected chi connectivity index (χ0v) is 22.3. The molecule has 190 valence electrons. The van der Waals surface area contributed by atoms with Crippen LogP contribution in [-0.2, 0) is 33.8 Å². The molecular formula is C31H26N2O3S2. The summed E-state index contributed by atoms with van der Waals surface area (Å²) in [5.74, 6) is -0.683. The number of thiophene rings is 1. The van der Waals surface area contributed by atoms with E-state index in [1.807, 2.05) is 109 Å². The number of rotatable bonds is 10. The number of benzene rings is 3. The fraction of sp³-hybridized carbons (Fsp3) is 0.129. The van der Waals surface area contributed by atoms with E-state index >= 15 is 0 Å². The maximum Gasteiger partial charge on any atom is 0.311 e. The standard InChI is InChI=1S/C31H26N2O3S2/c34-28(33(20-23-11-4-1-5-12-23)21-24-13-6-2-7-14-24)22-36-29(35)19-27-30(26-17-10-18-37-26)32-31(38-27)25-15-8-3-9-16-25/h1-18H,19-22H2. The molecule has 0 saturated heterocycles. The summed E-state index contributed by atoms with van der Waals surface area (Å²) in [6.45, 7) is 0.561. The van der Waals surface area contributed by atoms with Crippen LogP contribution in [0.25, 0.3) is 21.1 Å². The summed E-state index contributed by atoms with van der Waals surface area (Å²) in [5.41, 5.74) is 3.83. The molecule has 0 fully saturated rings. The van der Waals surface area contributed by atoms with Gasteiger partial charge in [0.1, 0.15) is 5.01 Å². The van der Waals surface area contributed by atoms with Crippen LogP contribution in [0.1, 0.15) is 16.0 Å². The van der Waals surface area contributed by atoms with Gasteiger partial charge in [-0.3, -0.25) is 9.59 Å². The molecule has 0 atom stereocenters. The first-order valence-corrected chi connectivity index (χ1v) is 14.0. The smallest absolute Gasteiger partial charge is 0.311 e. The van der Waals surface area contributed by atoms with Crippen molar-refractivity contribution in [1.82, 2.24) is 9.88 Å². The third kappa shape index (κ3) is 6.62. The lowest BCUT2D eigenvalue weighted by molar-refractivity contribution is -0.152. The van der Waals surface area contributed by atoms with Crippen molar-refractivity contribution in [2.24, 2.45) is 0 Å². The number of nitrogens with zero attached hydrogens (tertiary/aromatic N) is 2. The van der Waals surface area contributed by atoms with Crippen molar-refractivity contribution in [2.75, 3.05) is 6.61 Å². The van der Waals surface area contributed by atoms with Gasteiger partial charge in [0.2, 0.25) is 0 Å². The summed E-state index contributed by atoms with van der Waals surface area (Å²) in [6.07, 6.45) is 0.0579. The fourth-order valence-electron chi connectivity index (χ4n) is 4.04. The van der Waals surface area contributed by atoms with Crippen molar-refractivity contribution in [3.63, 3.8) is 0 Å². The minimum atomic E-state index is -0.446. The van der Waals surface area contributed by atoms with Gasteiger partial charge >= 0.3 is 5.97 Å². The molecule has 5 rings (SSSR count). The van der Waals surface area contributed by atoms with Gasteiger partial charge in [0.05, 0.1) is 17.0 Å². The minimum absolute atomic E-state index is 0.0579. The van der Waals surface area contributed by atoms with Crippen LogP contribution in [0.15, 0.2) is 109 Å². The van der Waals surface area contributed by atoms with Gasteiger partial charge in [0, 0.05) is 23.5 Å². The van der Waals surface area contributed by atoms with Crippen molar-refractivity contribution in [3.05, 3.63) is 125 Å². The van der Waals surface area contributed by atoms with E-state index in [0.29, 0.717) is 13.1 Å². The number of ether oxygens (including phenoxy) is 1. The van der Waals surface area contributed by atoms with Gasteiger partial charge in [0.25, 0.3) is 5.91 Å². The summed E-state index contributed by atoms with van der Waals surface area (Å²) in [6, 6.07) is 33.5. The average molecular weight is 539 g/mol. The highest BCUT2D eigenvalue weighted by Gasteiger charge is 2.21. The molecule has 0 unspecified atom stereocenters. The van der Waals surface area contributed by atoms with Crippen LogP contribution >= 0.6 is 22.7 Å². The number of carbonyl (C=O) groups excluding carboxylic acids is 2. The molecule has 2 heterocycles. The zero-order valence-electron chi connectivity index (χ0n) is 20.7. The lowest BCUT2D eigenvalue weighted by Crippen LogP contribution is -2.34. The van der Waals surface area contributed by atoms with Crippen molar-refractivity contribution in [2.45, 2.75) is 19.5 Å². The molecule has 1 amide bonds. The largest absolute Gasteiger partial charge is 0.455 e. The Morgan fingerprint density at radius 1 is 0.763 bits per heavy atom. The van der Waals surface area contributed by atoms with Crippen molar-refractivity contribution < 1.29 is 14.3 Å². The Morgan fingerprint density at radius 2 is 1.37 bits per heavy atom. The van der Waals surface area contributed by atoms with Crippen LogP contribution in [-0.4, -0.2) is 28.4 Å². The van der Waals surface area contributed by atoms with Crippen LogP contribution in [0.3, 0.4) is 0 Å². The Balaban J connectivity index is 1.28. The second kappa shape index (κ2) is 12.4. The Bertz CT molecular complexity index is 1430. The van der Waals surface area contributed by atoms with E-state index in [0.717, 1.165) is 37.1 Å². The van der Waals surface area contributed by atoms with Gasteiger partial charge in [-0.05, 0) is 22.6 Å². The first kappa shape index (κ1) is 25.6. The lowest BCUT2D eigenvalue weighted by Gasteiger charge is -2.23. The lowest BCUT2D eigenvalue weighted by atomic mass is 10.1. The van der Waals surface area contributed by atoms with E-state index in [2.05, 4.69) is 0 Å². The predicted octanol–water partition coefficient (Wildman–Crippen LogP) is 6.85. The van der Waals surface area contributed by atoms with Crippen LogP contribution in [0.2, 0.25) is 0 Å². The van der Waals surface area contributed by atoms with Gasteiger partial charge in [-0.15, -0.1) is 22.7 Å². The van der Waals surface area contributed by atoms with E-state index in [9.17, 15) is 9.59 Å². The van der Waals surface area contributed by atoms with Crippen molar-refractivity contribution in [1.29, 1.82) is 0 Å². The second-order valence-corrected chi connectivity index (χ2v) is 10.7. The number of amides is 1. The summed E-state index contributed by atoms with van der Waals surface area (Å²) >= 11 is 3.06. The van der Waals surface area contributed by atoms with Crippen LogP contribution < -0.4 is 0 Å². The molecule has 0 radical (unpaired) electrons. The highest BCUT2D eigenvalue weighted by Crippen LogP contribution is 2.36. The van der Waals surface area contributed by atoms with Crippen LogP contribution in [0.4, 0.5) is 0 Å².